The molecular weight excluding hydrogens is 487 g/mol. The van der Waals surface area contributed by atoms with Crippen molar-refractivity contribution < 1.29 is 35.9 Å². The van der Waals surface area contributed by atoms with E-state index in [1.165, 1.54) is 17.2 Å². The Morgan fingerprint density at radius 2 is 1.77 bits per heavy atom. The third-order valence-electron chi connectivity index (χ3n) is 6.45. The smallest absolute Gasteiger partial charge is 0.404 e. The maximum absolute atomic E-state index is 13.3. The first-order chi connectivity index (χ1) is 16.1. The van der Waals surface area contributed by atoms with Crippen LogP contribution in [0.1, 0.15) is 49.5 Å². The first kappa shape index (κ1) is 25.0. The van der Waals surface area contributed by atoms with Crippen molar-refractivity contribution in [3.05, 3.63) is 47.8 Å². The van der Waals surface area contributed by atoms with E-state index in [0.717, 1.165) is 12.3 Å². The summed E-state index contributed by atoms with van der Waals surface area (Å²) in [6.07, 6.45) is -2.16. The lowest BCUT2D eigenvalue weighted by atomic mass is 9.85. The number of pyridine rings is 1. The van der Waals surface area contributed by atoms with Gasteiger partial charge in [0.1, 0.15) is 15.6 Å². The third kappa shape index (κ3) is 4.97. The molecule has 0 atom stereocenters. The van der Waals surface area contributed by atoms with E-state index >= 15 is 0 Å². The number of rotatable bonds is 4. The van der Waals surface area contributed by atoms with E-state index in [4.69, 9.17) is 0 Å². The number of nitrogens with one attached hydrogen (secondary N) is 1. The lowest BCUT2D eigenvalue weighted by Crippen LogP contribution is -2.50. The van der Waals surface area contributed by atoms with Crippen molar-refractivity contribution in [2.75, 3.05) is 16.4 Å². The van der Waals surface area contributed by atoms with Crippen LogP contribution in [-0.4, -0.2) is 48.6 Å². The van der Waals surface area contributed by atoms with Crippen LogP contribution in [0.15, 0.2) is 36.7 Å². The molecule has 0 aliphatic carbocycles. The van der Waals surface area contributed by atoms with Crippen molar-refractivity contribution in [1.29, 1.82) is 0 Å². The second kappa shape index (κ2) is 8.21. The number of fused-ring (bicyclic) bond motifs is 1. The molecule has 0 radical (unpaired) electrons. The number of amides is 2. The summed E-state index contributed by atoms with van der Waals surface area (Å²) in [5.74, 6) is -1.38. The van der Waals surface area contributed by atoms with E-state index in [0.29, 0.717) is 24.1 Å². The second-order valence-corrected chi connectivity index (χ2v) is 11.9. The van der Waals surface area contributed by atoms with Gasteiger partial charge in [-0.2, -0.15) is 0 Å². The van der Waals surface area contributed by atoms with Gasteiger partial charge in [0.05, 0.1) is 40.7 Å². The van der Waals surface area contributed by atoms with Gasteiger partial charge in [-0.3, -0.25) is 19.5 Å². The predicted octanol–water partition coefficient (Wildman–Crippen LogP) is 3.63. The van der Waals surface area contributed by atoms with Gasteiger partial charge in [-0.05, 0) is 57.4 Å². The SMILES string of the molecule is CC1(NC(=O)c2ccc3c(c2)C(C)(C)C(=O)N3c2cncc(OC(F)(F)F)c2)CCS(=O)(=O)CC1. The highest BCUT2D eigenvalue weighted by Crippen LogP contribution is 2.46. The van der Waals surface area contributed by atoms with Gasteiger partial charge < -0.3 is 10.1 Å². The van der Waals surface area contributed by atoms with E-state index in [2.05, 4.69) is 15.0 Å². The Bertz CT molecular complexity index is 1290. The summed E-state index contributed by atoms with van der Waals surface area (Å²) in [5, 5.41) is 2.92. The molecule has 3 heterocycles. The Labute approximate surface area is 200 Å². The number of aromatic nitrogens is 1. The van der Waals surface area contributed by atoms with Crippen LogP contribution in [0.25, 0.3) is 0 Å². The van der Waals surface area contributed by atoms with Crippen LogP contribution >= 0.6 is 0 Å². The standard InChI is InChI=1S/C23H24F3N3O5S/c1-21(2)17-10-14(19(30)28-22(3)6-8-35(32,33)9-7-22)4-5-18(17)29(20(21)31)15-11-16(13-27-12-15)34-23(24,25)26/h4-5,10-13H,6-9H2,1-3H3,(H,28,30). The molecule has 0 spiro atoms. The molecule has 8 nitrogen and oxygen atoms in total. The zero-order chi connectivity index (χ0) is 25.8. The van der Waals surface area contributed by atoms with Crippen molar-refractivity contribution in [3.8, 4) is 5.75 Å². The summed E-state index contributed by atoms with van der Waals surface area (Å²) >= 11 is 0. The fourth-order valence-electron chi connectivity index (χ4n) is 4.31. The molecular formula is C23H24F3N3O5S. The Morgan fingerprint density at radius 3 is 2.40 bits per heavy atom. The minimum absolute atomic E-state index is 0.00435. The zero-order valence-corrected chi connectivity index (χ0v) is 20.1. The van der Waals surface area contributed by atoms with Crippen molar-refractivity contribution in [2.45, 2.75) is 50.9 Å². The molecule has 2 aliphatic heterocycles. The van der Waals surface area contributed by atoms with E-state index in [9.17, 15) is 31.2 Å². The number of ether oxygens (including phenoxy) is 1. The van der Waals surface area contributed by atoms with Gasteiger partial charge in [0, 0.05) is 17.2 Å². The van der Waals surface area contributed by atoms with Crippen LogP contribution < -0.4 is 15.0 Å². The first-order valence-electron chi connectivity index (χ1n) is 10.8. The highest BCUT2D eigenvalue weighted by Gasteiger charge is 2.45. The Morgan fingerprint density at radius 1 is 1.11 bits per heavy atom. The van der Waals surface area contributed by atoms with Crippen LogP contribution in [0.4, 0.5) is 24.5 Å². The molecule has 0 bridgehead atoms. The average molecular weight is 512 g/mol. The molecule has 1 N–H and O–H groups in total. The zero-order valence-electron chi connectivity index (χ0n) is 19.3. The van der Waals surface area contributed by atoms with Gasteiger partial charge in [0.15, 0.2) is 0 Å². The van der Waals surface area contributed by atoms with Gasteiger partial charge in [0.25, 0.3) is 5.91 Å². The molecule has 2 aliphatic rings. The van der Waals surface area contributed by atoms with Crippen molar-refractivity contribution >= 4 is 33.0 Å². The Hall–Kier alpha value is -3.15. The molecule has 0 saturated carbocycles. The maximum Gasteiger partial charge on any atom is 0.573 e. The topological polar surface area (TPSA) is 106 Å². The lowest BCUT2D eigenvalue weighted by molar-refractivity contribution is -0.274. The molecule has 1 aromatic heterocycles. The molecule has 0 unspecified atom stereocenters. The normalized spacial score (nSPS) is 20.3. The summed E-state index contributed by atoms with van der Waals surface area (Å²) < 4.78 is 65.4. The lowest BCUT2D eigenvalue weighted by Gasteiger charge is -2.34. The highest BCUT2D eigenvalue weighted by atomic mass is 32.2. The highest BCUT2D eigenvalue weighted by molar-refractivity contribution is 7.91. The third-order valence-corrected chi connectivity index (χ3v) is 8.10. The number of sulfone groups is 1. The fourth-order valence-corrected chi connectivity index (χ4v) is 6.04. The quantitative estimate of drug-likeness (QED) is 0.672. The van der Waals surface area contributed by atoms with Gasteiger partial charge in [0.2, 0.25) is 5.91 Å². The van der Waals surface area contributed by atoms with E-state index < -0.39 is 44.7 Å². The minimum atomic E-state index is -4.91. The Kier molecular flexibility index (Phi) is 5.86. The van der Waals surface area contributed by atoms with Crippen LogP contribution in [0.2, 0.25) is 0 Å². The van der Waals surface area contributed by atoms with Gasteiger partial charge in [-0.15, -0.1) is 13.2 Å². The molecule has 35 heavy (non-hydrogen) atoms. The number of benzene rings is 1. The molecule has 1 saturated heterocycles. The molecule has 12 heteroatoms. The van der Waals surface area contributed by atoms with Crippen molar-refractivity contribution in [2.24, 2.45) is 0 Å². The number of halogens is 3. The summed E-state index contributed by atoms with van der Waals surface area (Å²) in [4.78, 5) is 31.3. The number of hydrogen-bond donors (Lipinski definition) is 1. The molecule has 1 fully saturated rings. The first-order valence-corrected chi connectivity index (χ1v) is 12.7. The number of anilines is 2. The van der Waals surface area contributed by atoms with Crippen LogP contribution in [0, 0.1) is 0 Å². The van der Waals surface area contributed by atoms with Gasteiger partial charge >= 0.3 is 6.36 Å². The number of nitrogens with zero attached hydrogens (tertiary/aromatic N) is 2. The van der Waals surface area contributed by atoms with E-state index in [-0.39, 0.29) is 22.8 Å². The summed E-state index contributed by atoms with van der Waals surface area (Å²) in [6, 6.07) is 5.72. The average Bonchev–Trinajstić information content (AvgIpc) is 2.95. The monoisotopic (exact) mass is 511 g/mol. The maximum atomic E-state index is 13.3. The molecule has 1 aromatic carbocycles. The number of alkyl halides is 3. The second-order valence-electron chi connectivity index (χ2n) is 9.59. The molecule has 2 aromatic rings. The molecule has 188 valence electrons. The molecule has 4 rings (SSSR count). The Balaban J connectivity index is 1.63. The minimum Gasteiger partial charge on any atom is -0.404 e. The van der Waals surface area contributed by atoms with Crippen molar-refractivity contribution in [1.82, 2.24) is 10.3 Å². The van der Waals surface area contributed by atoms with E-state index in [1.54, 1.807) is 32.9 Å². The van der Waals surface area contributed by atoms with Crippen molar-refractivity contribution in [3.63, 3.8) is 0 Å². The molecule has 2 amide bonds. The summed E-state index contributed by atoms with van der Waals surface area (Å²) in [7, 11) is -3.10. The largest absolute Gasteiger partial charge is 0.573 e. The fraction of sp³-hybridized carbons (Fsp3) is 0.435. The van der Waals surface area contributed by atoms with Crippen LogP contribution in [-0.2, 0) is 20.0 Å². The van der Waals surface area contributed by atoms with E-state index in [1.807, 2.05) is 0 Å². The van der Waals surface area contributed by atoms with Gasteiger partial charge in [-0.25, -0.2) is 8.42 Å². The predicted molar refractivity (Wildman–Crippen MR) is 121 cm³/mol. The summed E-state index contributed by atoms with van der Waals surface area (Å²) in [5.41, 5.74) is -0.435. The summed E-state index contributed by atoms with van der Waals surface area (Å²) in [6.45, 7) is 5.12. The van der Waals surface area contributed by atoms with Gasteiger partial charge in [-0.1, -0.05) is 0 Å². The number of carbonyl (C=O) groups excluding carboxylic acids is 2. The number of hydrogen-bond acceptors (Lipinski definition) is 6. The van der Waals surface area contributed by atoms with Crippen LogP contribution in [0.5, 0.6) is 5.75 Å². The van der Waals surface area contributed by atoms with Crippen LogP contribution in [0.3, 0.4) is 0 Å². The number of carbonyl (C=O) groups is 2.